The second-order valence-corrected chi connectivity index (χ2v) is 13.4. The number of hydrogen-bond acceptors (Lipinski definition) is 6. The molecule has 1 atom stereocenters. The molecule has 1 heterocycles. The van der Waals surface area contributed by atoms with Gasteiger partial charge < -0.3 is 14.7 Å². The molecular formula is C44H45N5O4. The first-order valence-electron chi connectivity index (χ1n) is 18.1. The van der Waals surface area contributed by atoms with Crippen molar-refractivity contribution in [3.63, 3.8) is 0 Å². The number of carboxylic acids is 1. The van der Waals surface area contributed by atoms with E-state index in [0.717, 1.165) is 51.8 Å². The highest BCUT2D eigenvalue weighted by Crippen LogP contribution is 2.43. The third-order valence-electron chi connectivity index (χ3n) is 9.47. The number of aromatic nitrogens is 4. The lowest BCUT2D eigenvalue weighted by atomic mass is 9.77. The molecule has 270 valence electrons. The molecule has 1 aromatic heterocycles. The summed E-state index contributed by atoms with van der Waals surface area (Å²) in [5.41, 5.74) is 5.79. The van der Waals surface area contributed by atoms with Crippen LogP contribution in [0.1, 0.15) is 62.3 Å². The number of unbranched alkanes of at least 4 members (excludes halogenated alkanes) is 1. The van der Waals surface area contributed by atoms with E-state index >= 15 is 0 Å². The molecule has 0 fully saturated rings. The number of tetrazole rings is 1. The summed E-state index contributed by atoms with van der Waals surface area (Å²) in [5.74, 6) is -0.633. The standard InChI is InChI=1S/C44H45N5O4/c1-4-5-25-40(50)48(43(32(2)3)53-31-41(51)52)30-33-26-28-34(29-27-33)38-23-15-16-24-39(38)42-45-46-47-49(42)44(35-17-9-6-10-18-35,36-19-11-7-12-20-36)37-21-13-8-14-22-37/h6-24,26-29,32,43H,4-5,25,30-31H2,1-3H3,(H,51,52). The van der Waals surface area contributed by atoms with Crippen LogP contribution in [0.25, 0.3) is 22.5 Å². The minimum absolute atomic E-state index is 0.0593. The van der Waals surface area contributed by atoms with Crippen LogP contribution in [0.5, 0.6) is 0 Å². The zero-order valence-electron chi connectivity index (χ0n) is 30.4. The van der Waals surface area contributed by atoms with E-state index < -0.39 is 24.3 Å². The maximum Gasteiger partial charge on any atom is 0.329 e. The van der Waals surface area contributed by atoms with Gasteiger partial charge in [0.05, 0.1) is 0 Å². The highest BCUT2D eigenvalue weighted by atomic mass is 16.5. The van der Waals surface area contributed by atoms with E-state index in [0.29, 0.717) is 18.8 Å². The Morgan fingerprint density at radius 2 is 1.28 bits per heavy atom. The van der Waals surface area contributed by atoms with Crippen LogP contribution in [0.15, 0.2) is 140 Å². The fraction of sp³-hybridized carbons (Fsp3) is 0.250. The van der Waals surface area contributed by atoms with Gasteiger partial charge in [-0.2, -0.15) is 0 Å². The van der Waals surface area contributed by atoms with Gasteiger partial charge in [-0.1, -0.05) is 167 Å². The number of ether oxygens (including phenoxy) is 1. The summed E-state index contributed by atoms with van der Waals surface area (Å²) in [7, 11) is 0. The second kappa shape index (κ2) is 17.1. The summed E-state index contributed by atoms with van der Waals surface area (Å²) in [6.07, 6.45) is 1.32. The van der Waals surface area contributed by atoms with Gasteiger partial charge in [-0.25, -0.2) is 9.48 Å². The topological polar surface area (TPSA) is 110 Å². The Morgan fingerprint density at radius 3 is 1.79 bits per heavy atom. The van der Waals surface area contributed by atoms with Crippen molar-refractivity contribution >= 4 is 11.9 Å². The van der Waals surface area contributed by atoms with Crippen molar-refractivity contribution in [3.05, 3.63) is 162 Å². The molecule has 0 radical (unpaired) electrons. The normalized spacial score (nSPS) is 12.1. The molecule has 0 spiro atoms. The number of nitrogens with zero attached hydrogens (tertiary/aromatic N) is 5. The predicted molar refractivity (Wildman–Crippen MR) is 206 cm³/mol. The molecule has 1 unspecified atom stereocenters. The molecule has 53 heavy (non-hydrogen) atoms. The van der Waals surface area contributed by atoms with E-state index in [1.54, 1.807) is 4.90 Å². The Hall–Kier alpha value is -5.93. The van der Waals surface area contributed by atoms with Crippen LogP contribution < -0.4 is 0 Å². The van der Waals surface area contributed by atoms with Crippen LogP contribution in [-0.4, -0.2) is 54.9 Å². The fourth-order valence-electron chi connectivity index (χ4n) is 6.99. The molecule has 0 saturated carbocycles. The predicted octanol–water partition coefficient (Wildman–Crippen LogP) is 8.45. The maximum absolute atomic E-state index is 13.5. The first-order chi connectivity index (χ1) is 25.8. The van der Waals surface area contributed by atoms with E-state index in [-0.39, 0.29) is 11.8 Å². The van der Waals surface area contributed by atoms with Crippen LogP contribution in [0.3, 0.4) is 0 Å². The van der Waals surface area contributed by atoms with Gasteiger partial charge in [-0.05, 0) is 56.1 Å². The minimum atomic E-state index is -1.07. The fourth-order valence-corrected chi connectivity index (χ4v) is 6.99. The van der Waals surface area contributed by atoms with Crippen LogP contribution in [0, 0.1) is 5.92 Å². The van der Waals surface area contributed by atoms with E-state index in [1.807, 2.05) is 123 Å². The van der Waals surface area contributed by atoms with Crippen molar-refractivity contribution in [3.8, 4) is 22.5 Å². The second-order valence-electron chi connectivity index (χ2n) is 13.4. The average molecular weight is 708 g/mol. The zero-order valence-corrected chi connectivity index (χ0v) is 30.4. The minimum Gasteiger partial charge on any atom is -0.480 e. The summed E-state index contributed by atoms with van der Waals surface area (Å²) in [6, 6.07) is 47.1. The lowest BCUT2D eigenvalue weighted by Crippen LogP contribution is -2.45. The summed E-state index contributed by atoms with van der Waals surface area (Å²) >= 11 is 0. The molecular weight excluding hydrogens is 663 g/mol. The highest BCUT2D eigenvalue weighted by molar-refractivity contribution is 5.81. The molecule has 6 aromatic rings. The van der Waals surface area contributed by atoms with Gasteiger partial charge >= 0.3 is 5.97 Å². The molecule has 1 N–H and O–H groups in total. The first kappa shape index (κ1) is 36.8. The number of aliphatic carboxylic acids is 1. The SMILES string of the molecule is CCCCC(=O)N(Cc1ccc(-c2ccccc2-c2nnnn2C(c2ccccc2)(c2ccccc2)c2ccccc2)cc1)C(OCC(=O)O)C(C)C. The average Bonchev–Trinajstić information content (AvgIpc) is 3.68. The monoisotopic (exact) mass is 707 g/mol. The molecule has 1 amide bonds. The number of carboxylic acid groups (broad SMARTS) is 1. The molecule has 0 aliphatic carbocycles. The summed E-state index contributed by atoms with van der Waals surface area (Å²) in [5, 5.41) is 23.0. The molecule has 0 aliphatic rings. The van der Waals surface area contributed by atoms with Crippen LogP contribution in [0.4, 0.5) is 0 Å². The van der Waals surface area contributed by atoms with Crippen molar-refractivity contribution in [2.24, 2.45) is 5.92 Å². The largest absolute Gasteiger partial charge is 0.480 e. The molecule has 9 heteroatoms. The zero-order chi connectivity index (χ0) is 37.2. The van der Waals surface area contributed by atoms with E-state index in [9.17, 15) is 14.7 Å². The van der Waals surface area contributed by atoms with Crippen molar-refractivity contribution in [1.82, 2.24) is 25.1 Å². The van der Waals surface area contributed by atoms with Crippen molar-refractivity contribution in [1.29, 1.82) is 0 Å². The molecule has 0 saturated heterocycles. The van der Waals surface area contributed by atoms with Crippen molar-refractivity contribution in [2.75, 3.05) is 6.61 Å². The quantitative estimate of drug-likeness (QED) is 0.0794. The molecule has 0 bridgehead atoms. The number of amides is 1. The summed E-state index contributed by atoms with van der Waals surface area (Å²) < 4.78 is 7.70. The summed E-state index contributed by atoms with van der Waals surface area (Å²) in [4.78, 5) is 26.5. The van der Waals surface area contributed by atoms with Crippen LogP contribution in [-0.2, 0) is 26.4 Å². The Labute approximate surface area is 310 Å². The first-order valence-corrected chi connectivity index (χ1v) is 18.1. The number of carbonyl (C=O) groups excluding carboxylic acids is 1. The third-order valence-corrected chi connectivity index (χ3v) is 9.47. The van der Waals surface area contributed by atoms with Gasteiger partial charge in [0.1, 0.15) is 18.4 Å². The third kappa shape index (κ3) is 7.95. The van der Waals surface area contributed by atoms with E-state index in [2.05, 4.69) is 52.8 Å². The van der Waals surface area contributed by atoms with Gasteiger partial charge in [-0.3, -0.25) is 4.79 Å². The van der Waals surface area contributed by atoms with Crippen LogP contribution >= 0.6 is 0 Å². The Morgan fingerprint density at radius 1 is 0.755 bits per heavy atom. The Bertz CT molecular complexity index is 1990. The molecule has 9 nitrogen and oxygen atoms in total. The Balaban J connectivity index is 1.42. The van der Waals surface area contributed by atoms with Crippen molar-refractivity contribution in [2.45, 2.75) is 58.3 Å². The van der Waals surface area contributed by atoms with Gasteiger partial charge in [0.25, 0.3) is 0 Å². The summed E-state index contributed by atoms with van der Waals surface area (Å²) in [6.45, 7) is 5.72. The van der Waals surface area contributed by atoms with Crippen LogP contribution in [0.2, 0.25) is 0 Å². The van der Waals surface area contributed by atoms with Gasteiger partial charge in [0.15, 0.2) is 5.82 Å². The van der Waals surface area contributed by atoms with E-state index in [1.165, 1.54) is 0 Å². The molecule has 0 aliphatic heterocycles. The highest BCUT2D eigenvalue weighted by Gasteiger charge is 2.42. The molecule has 5 aromatic carbocycles. The smallest absolute Gasteiger partial charge is 0.329 e. The maximum atomic E-state index is 13.5. The lowest BCUT2D eigenvalue weighted by molar-refractivity contribution is -0.164. The van der Waals surface area contributed by atoms with Crippen molar-refractivity contribution < 1.29 is 19.4 Å². The van der Waals surface area contributed by atoms with E-state index in [4.69, 9.17) is 9.95 Å². The van der Waals surface area contributed by atoms with Gasteiger partial charge in [0.2, 0.25) is 5.91 Å². The number of carbonyl (C=O) groups is 2. The number of hydrogen-bond donors (Lipinski definition) is 1. The number of rotatable bonds is 16. The molecule has 6 rings (SSSR count). The number of benzene rings is 5. The van der Waals surface area contributed by atoms with Gasteiger partial charge in [-0.15, -0.1) is 5.10 Å². The van der Waals surface area contributed by atoms with Gasteiger partial charge in [0, 0.05) is 18.5 Å². The Kier molecular flexibility index (Phi) is 11.9. The lowest BCUT2D eigenvalue weighted by Gasteiger charge is -2.36.